The summed E-state index contributed by atoms with van der Waals surface area (Å²) in [5.74, 6) is 0.411. The van der Waals surface area contributed by atoms with E-state index in [4.69, 9.17) is 26.0 Å². The lowest BCUT2D eigenvalue weighted by Gasteiger charge is -2.32. The first-order valence-electron chi connectivity index (χ1n) is 13.1. The average molecular weight is 523 g/mol. The van der Waals surface area contributed by atoms with Crippen molar-refractivity contribution in [2.75, 3.05) is 40.0 Å². The van der Waals surface area contributed by atoms with E-state index in [1.807, 2.05) is 54.3 Å². The lowest BCUT2D eigenvalue weighted by molar-refractivity contribution is 0.0934. The van der Waals surface area contributed by atoms with Gasteiger partial charge >= 0.3 is 6.01 Å². The topological polar surface area (TPSA) is 87.0 Å². The number of rotatable bonds is 8. The highest BCUT2D eigenvalue weighted by molar-refractivity contribution is 5.93. The highest BCUT2D eigenvalue weighted by atomic mass is 16.5. The molecule has 4 aromatic heterocycles. The van der Waals surface area contributed by atoms with Gasteiger partial charge in [-0.3, -0.25) is 9.08 Å². The molecule has 1 aliphatic rings. The van der Waals surface area contributed by atoms with Crippen molar-refractivity contribution in [2.45, 2.75) is 12.8 Å². The van der Waals surface area contributed by atoms with E-state index in [1.165, 1.54) is 0 Å². The van der Waals surface area contributed by atoms with E-state index in [0.29, 0.717) is 24.2 Å². The first kappa shape index (κ1) is 25.0. The molecule has 39 heavy (non-hydrogen) atoms. The van der Waals surface area contributed by atoms with Gasteiger partial charge in [0.2, 0.25) is 0 Å². The van der Waals surface area contributed by atoms with E-state index >= 15 is 0 Å². The summed E-state index contributed by atoms with van der Waals surface area (Å²) in [6, 6.07) is 10.0. The van der Waals surface area contributed by atoms with Gasteiger partial charge < -0.3 is 14.4 Å². The molecule has 0 radical (unpaired) electrons. The summed E-state index contributed by atoms with van der Waals surface area (Å²) < 4.78 is 15.4. The number of nitrogens with zero attached hydrogens (tertiary/aromatic N) is 8. The van der Waals surface area contributed by atoms with Crippen molar-refractivity contribution in [3.05, 3.63) is 66.5 Å². The van der Waals surface area contributed by atoms with Crippen LogP contribution in [0.5, 0.6) is 6.01 Å². The van der Waals surface area contributed by atoms with Crippen LogP contribution in [0.2, 0.25) is 0 Å². The Balaban J connectivity index is 1.41. The van der Waals surface area contributed by atoms with Gasteiger partial charge in [-0.1, -0.05) is 24.3 Å². The van der Waals surface area contributed by atoms with Crippen LogP contribution in [-0.4, -0.2) is 74.0 Å². The molecule has 0 N–H and O–H groups in total. The monoisotopic (exact) mass is 522 g/mol. The number of benzene rings is 1. The van der Waals surface area contributed by atoms with Crippen LogP contribution in [0, 0.1) is 12.5 Å². The van der Waals surface area contributed by atoms with E-state index in [-0.39, 0.29) is 0 Å². The molecule has 0 unspecified atom stereocenters. The average Bonchev–Trinajstić information content (AvgIpc) is 3.61. The zero-order valence-electron chi connectivity index (χ0n) is 22.1. The van der Waals surface area contributed by atoms with Crippen molar-refractivity contribution < 1.29 is 9.47 Å². The first-order chi connectivity index (χ1) is 19.1. The summed E-state index contributed by atoms with van der Waals surface area (Å²) in [6.45, 7) is 11.7. The van der Waals surface area contributed by atoms with Gasteiger partial charge in [0, 0.05) is 62.7 Å². The largest absolute Gasteiger partial charge is 0.464 e. The minimum absolute atomic E-state index is 0.411. The molecular formula is C29H30N8O2. The van der Waals surface area contributed by atoms with Gasteiger partial charge in [-0.15, -0.1) is 0 Å². The molecule has 10 heteroatoms. The minimum atomic E-state index is 0.411. The summed E-state index contributed by atoms with van der Waals surface area (Å²) in [4.78, 5) is 20.4. The fourth-order valence-electron chi connectivity index (χ4n) is 5.31. The first-order valence-corrected chi connectivity index (χ1v) is 13.1. The molecule has 0 saturated carbocycles. The Bertz CT molecular complexity index is 1650. The molecule has 0 amide bonds. The summed E-state index contributed by atoms with van der Waals surface area (Å²) in [5.41, 5.74) is 5.46. The number of pyridine rings is 1. The van der Waals surface area contributed by atoms with Crippen molar-refractivity contribution >= 4 is 22.4 Å². The summed E-state index contributed by atoms with van der Waals surface area (Å²) in [5, 5.41) is 5.28. The van der Waals surface area contributed by atoms with Crippen LogP contribution < -0.4 is 4.74 Å². The zero-order chi connectivity index (χ0) is 26.8. The molecule has 5 heterocycles. The SMILES string of the molecule is [C-]#[N+]c1ccc(-c2nc(OC[C@@H]3CCCN(CCOC)C3)n3ccnc3c2-c2cnc3c(cnn3C)c2)cc1. The van der Waals surface area contributed by atoms with Crippen molar-refractivity contribution in [3.63, 3.8) is 0 Å². The second-order valence-electron chi connectivity index (χ2n) is 9.92. The van der Waals surface area contributed by atoms with Gasteiger partial charge in [-0.05, 0) is 31.0 Å². The third-order valence-corrected chi connectivity index (χ3v) is 7.31. The Kier molecular flexibility index (Phi) is 6.92. The molecule has 198 valence electrons. The normalized spacial score (nSPS) is 16.1. The van der Waals surface area contributed by atoms with Crippen molar-refractivity contribution in [1.82, 2.24) is 34.0 Å². The highest BCUT2D eigenvalue weighted by Gasteiger charge is 2.23. The molecule has 6 rings (SSSR count). The fraction of sp³-hybridized carbons (Fsp3) is 0.345. The summed E-state index contributed by atoms with van der Waals surface area (Å²) in [6.07, 6.45) is 9.56. The van der Waals surface area contributed by atoms with Crippen molar-refractivity contribution in [1.29, 1.82) is 0 Å². The van der Waals surface area contributed by atoms with Gasteiger partial charge in [-0.2, -0.15) is 10.1 Å². The van der Waals surface area contributed by atoms with Crippen LogP contribution in [0.25, 0.3) is 43.9 Å². The number of imidazole rings is 1. The van der Waals surface area contributed by atoms with E-state index in [2.05, 4.69) is 25.9 Å². The van der Waals surface area contributed by atoms with E-state index < -0.39 is 0 Å². The van der Waals surface area contributed by atoms with E-state index in [0.717, 1.165) is 78.1 Å². The molecule has 10 nitrogen and oxygen atoms in total. The number of ether oxygens (including phenoxy) is 2. The van der Waals surface area contributed by atoms with Crippen LogP contribution in [0.15, 0.2) is 55.1 Å². The minimum Gasteiger partial charge on any atom is -0.464 e. The highest BCUT2D eigenvalue weighted by Crippen LogP contribution is 2.37. The molecule has 1 fully saturated rings. The zero-order valence-corrected chi connectivity index (χ0v) is 22.1. The Labute approximate surface area is 226 Å². The fourth-order valence-corrected chi connectivity index (χ4v) is 5.31. The van der Waals surface area contributed by atoms with Gasteiger partial charge in [0.15, 0.2) is 17.0 Å². The Morgan fingerprint density at radius 2 is 1.97 bits per heavy atom. The number of methoxy groups -OCH3 is 1. The number of hydrogen-bond donors (Lipinski definition) is 0. The van der Waals surface area contributed by atoms with Crippen LogP contribution >= 0.6 is 0 Å². The third-order valence-electron chi connectivity index (χ3n) is 7.31. The maximum absolute atomic E-state index is 7.35. The summed E-state index contributed by atoms with van der Waals surface area (Å²) >= 11 is 0. The Morgan fingerprint density at radius 3 is 2.79 bits per heavy atom. The number of hydrogen-bond acceptors (Lipinski definition) is 7. The molecule has 5 aromatic rings. The second-order valence-corrected chi connectivity index (χ2v) is 9.92. The molecule has 0 bridgehead atoms. The molecule has 1 saturated heterocycles. The van der Waals surface area contributed by atoms with Gasteiger partial charge in [0.25, 0.3) is 0 Å². The van der Waals surface area contributed by atoms with E-state index in [9.17, 15) is 0 Å². The maximum Gasteiger partial charge on any atom is 0.302 e. The standard InChI is InChI=1S/C29H30N8O2/c1-30-24-8-6-21(7-9-24)26-25(22-15-23-17-33-35(2)27(23)32-16-22)28-31-10-12-37(28)29(34-26)39-19-20-5-4-11-36(18-20)13-14-38-3/h6-10,12,15-17,20H,4-5,11,13-14,18-19H2,2-3H3/t20-/m1/s1. The lowest BCUT2D eigenvalue weighted by Crippen LogP contribution is -2.39. The quantitative estimate of drug-likeness (QED) is 0.275. The van der Waals surface area contributed by atoms with Gasteiger partial charge in [0.05, 0.1) is 37.2 Å². The van der Waals surface area contributed by atoms with Crippen LogP contribution in [0.1, 0.15) is 12.8 Å². The Morgan fingerprint density at radius 1 is 1.10 bits per heavy atom. The van der Waals surface area contributed by atoms with Crippen molar-refractivity contribution in [3.8, 4) is 28.4 Å². The third kappa shape index (κ3) is 4.94. The van der Waals surface area contributed by atoms with Crippen molar-refractivity contribution in [2.24, 2.45) is 13.0 Å². The predicted molar refractivity (Wildman–Crippen MR) is 149 cm³/mol. The van der Waals surface area contributed by atoms with Gasteiger partial charge in [-0.25, -0.2) is 14.8 Å². The number of aryl methyl sites for hydroxylation is 1. The number of aromatic nitrogens is 6. The van der Waals surface area contributed by atoms with Crippen LogP contribution in [0.4, 0.5) is 5.69 Å². The smallest absolute Gasteiger partial charge is 0.302 e. The molecule has 1 aliphatic heterocycles. The number of piperidine rings is 1. The molecule has 0 spiro atoms. The molecule has 1 atom stereocenters. The molecule has 0 aliphatic carbocycles. The maximum atomic E-state index is 7.35. The Hall–Kier alpha value is -4.33. The molecule has 1 aromatic carbocycles. The van der Waals surface area contributed by atoms with Crippen LogP contribution in [-0.2, 0) is 11.8 Å². The predicted octanol–water partition coefficient (Wildman–Crippen LogP) is 4.63. The number of likely N-dealkylation sites (tertiary alicyclic amines) is 1. The number of fused-ring (bicyclic) bond motifs is 2. The van der Waals surface area contributed by atoms with E-state index in [1.54, 1.807) is 18.0 Å². The second kappa shape index (κ2) is 10.8. The summed E-state index contributed by atoms with van der Waals surface area (Å²) in [7, 11) is 3.62. The van der Waals surface area contributed by atoms with Gasteiger partial charge in [0.1, 0.15) is 0 Å². The lowest BCUT2D eigenvalue weighted by atomic mass is 9.99. The van der Waals surface area contributed by atoms with Crippen LogP contribution in [0.3, 0.4) is 0 Å². The molecular weight excluding hydrogens is 492 g/mol.